The van der Waals surface area contributed by atoms with E-state index in [1.807, 2.05) is 6.92 Å². The van der Waals surface area contributed by atoms with Crippen molar-refractivity contribution < 1.29 is 14.7 Å². The van der Waals surface area contributed by atoms with Crippen LogP contribution in [0.2, 0.25) is 5.15 Å². The Hall–Kier alpha value is -1.62. The van der Waals surface area contributed by atoms with Gasteiger partial charge in [0.05, 0.1) is 0 Å². The van der Waals surface area contributed by atoms with Crippen LogP contribution in [0.25, 0.3) is 0 Å². The van der Waals surface area contributed by atoms with Gasteiger partial charge in [0.15, 0.2) is 0 Å². The molecular weight excluding hydrogens is 256 g/mol. The van der Waals surface area contributed by atoms with Gasteiger partial charge >= 0.3 is 5.97 Å². The highest BCUT2D eigenvalue weighted by molar-refractivity contribution is 6.29. The van der Waals surface area contributed by atoms with Gasteiger partial charge in [0.1, 0.15) is 5.15 Å². The number of hydrogen-bond acceptors (Lipinski definition) is 3. The molecule has 18 heavy (non-hydrogen) atoms. The van der Waals surface area contributed by atoms with Crippen LogP contribution in [-0.2, 0) is 11.2 Å². The van der Waals surface area contributed by atoms with E-state index in [9.17, 15) is 9.59 Å². The van der Waals surface area contributed by atoms with E-state index in [4.69, 9.17) is 16.7 Å². The van der Waals surface area contributed by atoms with Gasteiger partial charge in [0.25, 0.3) is 5.91 Å². The van der Waals surface area contributed by atoms with Crippen molar-refractivity contribution >= 4 is 23.5 Å². The number of aryl methyl sites for hydroxylation is 1. The lowest BCUT2D eigenvalue weighted by molar-refractivity contribution is -0.137. The van der Waals surface area contributed by atoms with Gasteiger partial charge in [0.2, 0.25) is 0 Å². The van der Waals surface area contributed by atoms with Gasteiger partial charge in [-0.25, -0.2) is 4.98 Å². The minimum absolute atomic E-state index is 0.0393. The number of halogens is 1. The first-order chi connectivity index (χ1) is 8.52. The Balaban J connectivity index is 2.55. The molecule has 98 valence electrons. The number of nitrogens with zero attached hydrogens (tertiary/aromatic N) is 1. The number of aromatic nitrogens is 1. The summed E-state index contributed by atoms with van der Waals surface area (Å²) < 4.78 is 0. The highest BCUT2D eigenvalue weighted by Crippen LogP contribution is 2.11. The number of carbonyl (C=O) groups is 2. The minimum Gasteiger partial charge on any atom is -0.481 e. The van der Waals surface area contributed by atoms with Crippen molar-refractivity contribution in [3.8, 4) is 0 Å². The van der Waals surface area contributed by atoms with Crippen LogP contribution < -0.4 is 5.32 Å². The van der Waals surface area contributed by atoms with Crippen LogP contribution in [0.15, 0.2) is 12.1 Å². The molecule has 0 atom stereocenters. The molecule has 0 aromatic carbocycles. The lowest BCUT2D eigenvalue weighted by Gasteiger charge is -2.06. The Morgan fingerprint density at radius 1 is 1.44 bits per heavy atom. The lowest BCUT2D eigenvalue weighted by atomic mass is 10.2. The minimum atomic E-state index is -0.871. The fourth-order valence-electron chi connectivity index (χ4n) is 1.41. The molecule has 0 radical (unpaired) electrons. The number of hydrogen-bond donors (Lipinski definition) is 2. The third-order valence-corrected chi connectivity index (χ3v) is 2.52. The first-order valence-electron chi connectivity index (χ1n) is 5.69. The number of nitrogens with one attached hydrogen (secondary N) is 1. The Kier molecular flexibility index (Phi) is 5.58. The zero-order valence-corrected chi connectivity index (χ0v) is 10.8. The lowest BCUT2D eigenvalue weighted by Crippen LogP contribution is -2.25. The highest BCUT2D eigenvalue weighted by Gasteiger charge is 2.08. The quantitative estimate of drug-likeness (QED) is 0.611. The number of aliphatic carboxylic acids is 1. The molecule has 0 saturated carbocycles. The number of rotatable bonds is 6. The number of pyridine rings is 1. The van der Waals surface area contributed by atoms with Gasteiger partial charge in [-0.3, -0.25) is 9.59 Å². The molecule has 2 N–H and O–H groups in total. The average Bonchev–Trinajstić information content (AvgIpc) is 2.33. The van der Waals surface area contributed by atoms with Crippen molar-refractivity contribution in [2.45, 2.75) is 26.2 Å². The van der Waals surface area contributed by atoms with Gasteiger partial charge in [0, 0.05) is 24.2 Å². The molecule has 0 aliphatic carbocycles. The van der Waals surface area contributed by atoms with E-state index in [0.717, 1.165) is 5.69 Å². The van der Waals surface area contributed by atoms with E-state index >= 15 is 0 Å². The summed E-state index contributed by atoms with van der Waals surface area (Å²) in [6.07, 6.45) is 1.14. The topological polar surface area (TPSA) is 79.3 Å². The Morgan fingerprint density at radius 3 is 2.78 bits per heavy atom. The van der Waals surface area contributed by atoms with E-state index in [0.29, 0.717) is 24.9 Å². The highest BCUT2D eigenvalue weighted by atomic mass is 35.5. The molecule has 0 fully saturated rings. The smallest absolute Gasteiger partial charge is 0.303 e. The summed E-state index contributed by atoms with van der Waals surface area (Å²) in [6.45, 7) is 2.25. The maximum atomic E-state index is 11.8. The molecule has 1 heterocycles. The molecule has 1 amide bonds. The van der Waals surface area contributed by atoms with Gasteiger partial charge in [-0.1, -0.05) is 18.5 Å². The summed E-state index contributed by atoms with van der Waals surface area (Å²) in [5.74, 6) is -1.14. The van der Waals surface area contributed by atoms with E-state index in [2.05, 4.69) is 10.3 Å². The molecule has 1 rings (SSSR count). The first kappa shape index (κ1) is 14.4. The molecule has 6 heteroatoms. The summed E-state index contributed by atoms with van der Waals surface area (Å²) >= 11 is 5.81. The summed E-state index contributed by atoms with van der Waals surface area (Å²) in [5.41, 5.74) is 1.19. The molecular formula is C12H15ClN2O3. The van der Waals surface area contributed by atoms with E-state index in [1.165, 1.54) is 6.07 Å². The Morgan fingerprint density at radius 2 is 2.17 bits per heavy atom. The van der Waals surface area contributed by atoms with Crippen LogP contribution in [0.3, 0.4) is 0 Å². The second kappa shape index (κ2) is 6.96. The van der Waals surface area contributed by atoms with Crippen molar-refractivity contribution in [1.82, 2.24) is 10.3 Å². The van der Waals surface area contributed by atoms with E-state index < -0.39 is 5.97 Å². The van der Waals surface area contributed by atoms with Gasteiger partial charge in [-0.15, -0.1) is 0 Å². The fraction of sp³-hybridized carbons (Fsp3) is 0.417. The summed E-state index contributed by atoms with van der Waals surface area (Å²) in [7, 11) is 0. The van der Waals surface area contributed by atoms with Crippen molar-refractivity contribution in [1.29, 1.82) is 0 Å². The summed E-state index contributed by atoms with van der Waals surface area (Å²) in [6, 6.07) is 3.17. The van der Waals surface area contributed by atoms with Crippen LogP contribution in [-0.4, -0.2) is 28.5 Å². The standard InChI is InChI=1S/C12H15ClN2O3/c1-2-9-6-8(7-10(13)15-9)12(18)14-5-3-4-11(16)17/h6-7H,2-5H2,1H3,(H,14,18)(H,16,17). The van der Waals surface area contributed by atoms with Gasteiger partial charge in [-0.2, -0.15) is 0 Å². The maximum Gasteiger partial charge on any atom is 0.303 e. The van der Waals surface area contributed by atoms with Crippen LogP contribution in [0, 0.1) is 0 Å². The molecule has 1 aromatic heterocycles. The number of amides is 1. The molecule has 0 bridgehead atoms. The zero-order chi connectivity index (χ0) is 13.5. The molecule has 0 spiro atoms. The Labute approximate surface area is 110 Å². The third-order valence-electron chi connectivity index (χ3n) is 2.32. The third kappa shape index (κ3) is 4.71. The molecule has 0 saturated heterocycles. The molecule has 5 nitrogen and oxygen atoms in total. The van der Waals surface area contributed by atoms with Crippen molar-refractivity contribution in [2.24, 2.45) is 0 Å². The zero-order valence-electron chi connectivity index (χ0n) is 10.1. The maximum absolute atomic E-state index is 11.8. The van der Waals surface area contributed by atoms with Crippen LogP contribution in [0.4, 0.5) is 0 Å². The monoisotopic (exact) mass is 270 g/mol. The van der Waals surface area contributed by atoms with Crippen LogP contribution in [0.5, 0.6) is 0 Å². The van der Waals surface area contributed by atoms with Crippen LogP contribution in [0.1, 0.15) is 35.8 Å². The second-order valence-corrected chi connectivity index (χ2v) is 4.16. The van der Waals surface area contributed by atoms with E-state index in [1.54, 1.807) is 6.07 Å². The van der Waals surface area contributed by atoms with Gasteiger partial charge in [-0.05, 0) is 25.0 Å². The van der Waals surface area contributed by atoms with Crippen molar-refractivity contribution in [3.05, 3.63) is 28.5 Å². The summed E-state index contributed by atoms with van der Waals surface area (Å²) in [4.78, 5) is 26.1. The predicted molar refractivity (Wildman–Crippen MR) is 67.8 cm³/mol. The van der Waals surface area contributed by atoms with E-state index in [-0.39, 0.29) is 17.5 Å². The molecule has 0 aliphatic rings. The van der Waals surface area contributed by atoms with Crippen LogP contribution >= 0.6 is 11.6 Å². The number of carboxylic acid groups (broad SMARTS) is 1. The normalized spacial score (nSPS) is 10.1. The second-order valence-electron chi connectivity index (χ2n) is 3.78. The number of carboxylic acids is 1. The summed E-state index contributed by atoms with van der Waals surface area (Å²) in [5, 5.41) is 11.4. The van der Waals surface area contributed by atoms with Crippen molar-refractivity contribution in [3.63, 3.8) is 0 Å². The molecule has 0 aliphatic heterocycles. The SMILES string of the molecule is CCc1cc(C(=O)NCCCC(=O)O)cc(Cl)n1. The molecule has 1 aromatic rings. The van der Waals surface area contributed by atoms with Crippen molar-refractivity contribution in [2.75, 3.05) is 6.54 Å². The average molecular weight is 271 g/mol. The number of carbonyl (C=O) groups excluding carboxylic acids is 1. The largest absolute Gasteiger partial charge is 0.481 e. The molecule has 0 unspecified atom stereocenters. The van der Waals surface area contributed by atoms with Gasteiger partial charge < -0.3 is 10.4 Å². The first-order valence-corrected chi connectivity index (χ1v) is 6.07. The predicted octanol–water partition coefficient (Wildman–Crippen LogP) is 1.89. The fourth-order valence-corrected chi connectivity index (χ4v) is 1.63. The Bertz CT molecular complexity index is 449.